The third-order valence-electron chi connectivity index (χ3n) is 3.05. The summed E-state index contributed by atoms with van der Waals surface area (Å²) in [5, 5.41) is 6.74. The summed E-state index contributed by atoms with van der Waals surface area (Å²) >= 11 is 5.30. The number of rotatable bonds is 4. The van der Waals surface area contributed by atoms with Gasteiger partial charge in [-0.05, 0) is 55.5 Å². The zero-order chi connectivity index (χ0) is 15.4. The van der Waals surface area contributed by atoms with Crippen molar-refractivity contribution in [3.63, 3.8) is 0 Å². The molecule has 1 aliphatic heterocycles. The Morgan fingerprint density at radius 1 is 1.05 bits per heavy atom. The number of benzene rings is 2. The highest BCUT2D eigenvalue weighted by Crippen LogP contribution is 2.34. The number of ether oxygens (including phenoxy) is 3. The van der Waals surface area contributed by atoms with Gasteiger partial charge in [0.2, 0.25) is 6.79 Å². The first-order valence-electron chi connectivity index (χ1n) is 6.95. The Balaban J connectivity index is 1.60. The summed E-state index contributed by atoms with van der Waals surface area (Å²) in [6.07, 6.45) is 0. The van der Waals surface area contributed by atoms with Crippen LogP contribution in [-0.2, 0) is 0 Å². The van der Waals surface area contributed by atoms with Crippen LogP contribution in [0.5, 0.6) is 17.2 Å². The molecule has 114 valence electrons. The first-order valence-corrected chi connectivity index (χ1v) is 7.36. The fraction of sp³-hybridized carbons (Fsp3) is 0.188. The van der Waals surface area contributed by atoms with Crippen molar-refractivity contribution < 1.29 is 14.2 Å². The molecule has 0 aliphatic carbocycles. The van der Waals surface area contributed by atoms with Gasteiger partial charge in [-0.25, -0.2) is 0 Å². The van der Waals surface area contributed by atoms with Crippen molar-refractivity contribution in [2.45, 2.75) is 6.92 Å². The summed E-state index contributed by atoms with van der Waals surface area (Å²) in [5.41, 5.74) is 1.73. The summed E-state index contributed by atoms with van der Waals surface area (Å²) in [6.45, 7) is 2.86. The van der Waals surface area contributed by atoms with E-state index in [9.17, 15) is 0 Å². The molecule has 22 heavy (non-hydrogen) atoms. The number of hydrogen-bond acceptors (Lipinski definition) is 4. The van der Waals surface area contributed by atoms with Gasteiger partial charge in [0, 0.05) is 17.4 Å². The van der Waals surface area contributed by atoms with Gasteiger partial charge in [0.15, 0.2) is 16.6 Å². The van der Waals surface area contributed by atoms with Gasteiger partial charge in [0.1, 0.15) is 5.75 Å². The van der Waals surface area contributed by atoms with E-state index in [0.29, 0.717) is 17.5 Å². The molecule has 2 N–H and O–H groups in total. The van der Waals surface area contributed by atoms with Crippen LogP contribution < -0.4 is 24.8 Å². The van der Waals surface area contributed by atoms with Gasteiger partial charge < -0.3 is 24.8 Å². The summed E-state index contributed by atoms with van der Waals surface area (Å²) < 4.78 is 16.0. The molecule has 0 aromatic heterocycles. The van der Waals surface area contributed by atoms with E-state index in [0.717, 1.165) is 22.9 Å². The van der Waals surface area contributed by atoms with Gasteiger partial charge in [0.05, 0.1) is 6.61 Å². The van der Waals surface area contributed by atoms with Gasteiger partial charge in [-0.1, -0.05) is 0 Å². The normalized spacial score (nSPS) is 11.9. The topological polar surface area (TPSA) is 51.8 Å². The standard InChI is InChI=1S/C16H16N2O3S/c1-2-19-13-6-3-11(4-7-13)17-16(22)18-12-5-8-14-15(9-12)21-10-20-14/h3-9H,2,10H2,1H3,(H2,17,18,22). The molecule has 0 spiro atoms. The first-order chi connectivity index (χ1) is 10.7. The zero-order valence-corrected chi connectivity index (χ0v) is 12.9. The maximum atomic E-state index is 5.40. The minimum absolute atomic E-state index is 0.258. The zero-order valence-electron chi connectivity index (χ0n) is 12.1. The number of fused-ring (bicyclic) bond motifs is 1. The lowest BCUT2D eigenvalue weighted by atomic mass is 10.3. The second kappa shape index (κ2) is 6.53. The minimum Gasteiger partial charge on any atom is -0.494 e. The SMILES string of the molecule is CCOc1ccc(NC(=S)Nc2ccc3c(c2)OCO3)cc1. The monoisotopic (exact) mass is 316 g/mol. The molecule has 6 heteroatoms. The predicted octanol–water partition coefficient (Wildman–Crippen LogP) is 3.62. The van der Waals surface area contributed by atoms with Crippen LogP contribution >= 0.6 is 12.2 Å². The van der Waals surface area contributed by atoms with Crippen molar-refractivity contribution in [3.05, 3.63) is 42.5 Å². The molecule has 2 aromatic rings. The Kier molecular flexibility index (Phi) is 4.29. The number of hydrogen-bond donors (Lipinski definition) is 2. The average Bonchev–Trinajstić information content (AvgIpc) is 2.97. The summed E-state index contributed by atoms with van der Waals surface area (Å²) in [6, 6.07) is 13.2. The van der Waals surface area contributed by atoms with E-state index in [4.69, 9.17) is 26.4 Å². The fourth-order valence-electron chi connectivity index (χ4n) is 2.07. The molecule has 0 radical (unpaired) electrons. The lowest BCUT2D eigenvalue weighted by Gasteiger charge is -2.11. The smallest absolute Gasteiger partial charge is 0.231 e. The van der Waals surface area contributed by atoms with Crippen LogP contribution in [0.3, 0.4) is 0 Å². The molecule has 0 atom stereocenters. The van der Waals surface area contributed by atoms with Crippen LogP contribution in [0.25, 0.3) is 0 Å². The first kappa shape index (κ1) is 14.5. The van der Waals surface area contributed by atoms with Gasteiger partial charge in [-0.2, -0.15) is 0 Å². The van der Waals surface area contributed by atoms with E-state index < -0.39 is 0 Å². The van der Waals surface area contributed by atoms with Gasteiger partial charge in [-0.3, -0.25) is 0 Å². The minimum atomic E-state index is 0.258. The molecule has 0 fully saturated rings. The van der Waals surface area contributed by atoms with E-state index in [-0.39, 0.29) is 6.79 Å². The quantitative estimate of drug-likeness (QED) is 0.840. The second-order valence-electron chi connectivity index (χ2n) is 4.60. The Bertz CT molecular complexity index is 674. The third-order valence-corrected chi connectivity index (χ3v) is 3.26. The van der Waals surface area contributed by atoms with Crippen LogP contribution in [0.2, 0.25) is 0 Å². The van der Waals surface area contributed by atoms with E-state index in [1.165, 1.54) is 0 Å². The number of nitrogens with one attached hydrogen (secondary N) is 2. The molecule has 5 nitrogen and oxygen atoms in total. The lowest BCUT2D eigenvalue weighted by Crippen LogP contribution is -2.18. The van der Waals surface area contributed by atoms with E-state index >= 15 is 0 Å². The molecular formula is C16H16N2O3S. The Hall–Kier alpha value is -2.47. The number of thiocarbonyl (C=S) groups is 1. The molecule has 0 bridgehead atoms. The molecule has 0 saturated carbocycles. The highest BCUT2D eigenvalue weighted by Gasteiger charge is 2.13. The molecule has 3 rings (SSSR count). The van der Waals surface area contributed by atoms with Crippen molar-refractivity contribution in [1.29, 1.82) is 0 Å². The molecule has 2 aromatic carbocycles. The summed E-state index contributed by atoms with van der Waals surface area (Å²) in [5.74, 6) is 2.30. The fourth-order valence-corrected chi connectivity index (χ4v) is 2.30. The Labute approximate surface area is 134 Å². The molecule has 0 amide bonds. The summed E-state index contributed by atoms with van der Waals surface area (Å²) in [4.78, 5) is 0. The van der Waals surface area contributed by atoms with E-state index in [1.807, 2.05) is 49.4 Å². The largest absolute Gasteiger partial charge is 0.494 e. The van der Waals surface area contributed by atoms with E-state index in [1.54, 1.807) is 0 Å². The van der Waals surface area contributed by atoms with Crippen LogP contribution in [0.15, 0.2) is 42.5 Å². The summed E-state index contributed by atoms with van der Waals surface area (Å²) in [7, 11) is 0. The molecule has 0 saturated heterocycles. The Morgan fingerprint density at radius 2 is 1.73 bits per heavy atom. The van der Waals surface area contributed by atoms with Crippen LogP contribution in [0, 0.1) is 0 Å². The van der Waals surface area contributed by atoms with Crippen LogP contribution in [0.4, 0.5) is 11.4 Å². The number of anilines is 2. The lowest BCUT2D eigenvalue weighted by molar-refractivity contribution is 0.174. The van der Waals surface area contributed by atoms with Crippen molar-refractivity contribution >= 4 is 28.7 Å². The van der Waals surface area contributed by atoms with E-state index in [2.05, 4.69) is 10.6 Å². The maximum Gasteiger partial charge on any atom is 0.231 e. The highest BCUT2D eigenvalue weighted by atomic mass is 32.1. The Morgan fingerprint density at radius 3 is 2.50 bits per heavy atom. The van der Waals surface area contributed by atoms with Gasteiger partial charge >= 0.3 is 0 Å². The van der Waals surface area contributed by atoms with Crippen molar-refractivity contribution in [1.82, 2.24) is 0 Å². The molecular weight excluding hydrogens is 300 g/mol. The van der Waals surface area contributed by atoms with Gasteiger partial charge in [-0.15, -0.1) is 0 Å². The molecule has 0 unspecified atom stereocenters. The highest BCUT2D eigenvalue weighted by molar-refractivity contribution is 7.80. The maximum absolute atomic E-state index is 5.40. The van der Waals surface area contributed by atoms with Crippen LogP contribution in [-0.4, -0.2) is 18.5 Å². The van der Waals surface area contributed by atoms with Crippen molar-refractivity contribution in [3.8, 4) is 17.2 Å². The molecule has 1 aliphatic rings. The average molecular weight is 316 g/mol. The van der Waals surface area contributed by atoms with Gasteiger partial charge in [0.25, 0.3) is 0 Å². The van der Waals surface area contributed by atoms with Crippen LogP contribution in [0.1, 0.15) is 6.92 Å². The predicted molar refractivity (Wildman–Crippen MR) is 90.0 cm³/mol. The third kappa shape index (κ3) is 3.40. The second-order valence-corrected chi connectivity index (χ2v) is 5.01. The molecule has 1 heterocycles. The van der Waals surface area contributed by atoms with Crippen molar-refractivity contribution in [2.24, 2.45) is 0 Å². The van der Waals surface area contributed by atoms with Crippen molar-refractivity contribution in [2.75, 3.05) is 24.0 Å².